The quantitative estimate of drug-likeness (QED) is 0.175. The van der Waals surface area contributed by atoms with Crippen LogP contribution < -0.4 is 0 Å². The number of amides is 1. The number of benzene rings is 1. The van der Waals surface area contributed by atoms with Crippen molar-refractivity contribution in [1.82, 2.24) is 5.12 Å². The lowest BCUT2D eigenvalue weighted by molar-refractivity contribution is 0.0182. The van der Waals surface area contributed by atoms with Gasteiger partial charge in [-0.2, -0.15) is 5.12 Å². The summed E-state index contributed by atoms with van der Waals surface area (Å²) in [6, 6.07) is 0.665. The molecule has 0 N–H and O–H groups in total. The molecule has 0 saturated heterocycles. The number of hydrogen-bond acceptors (Lipinski definition) is 3. The van der Waals surface area contributed by atoms with Crippen molar-refractivity contribution in [2.45, 2.75) is 25.4 Å². The fraction of sp³-hybridized carbons (Fsp3) is 0.500. The molecule has 0 bridgehead atoms. The number of nitrogens with zero attached hydrogens (tertiary/aromatic N) is 1. The normalized spacial score (nSPS) is 11.7. The van der Waals surface area contributed by atoms with Crippen LogP contribution >= 0.6 is 0 Å². The van der Waals surface area contributed by atoms with Gasteiger partial charge in [-0.3, -0.25) is 4.79 Å². The lowest BCUT2D eigenvalue weighted by atomic mass is 10.1. The summed E-state index contributed by atoms with van der Waals surface area (Å²) in [6.45, 7) is 1.39. The standard InChI is InChI=1S/C14H18F5NO3Si/c1-22-24(3,23-2)7-5-4-6-20(19)14(21)9-8-10(15)12(17)13(18)11(9)16/h8H,4-7H2,1-3H3. The van der Waals surface area contributed by atoms with Crippen LogP contribution in [0.5, 0.6) is 0 Å². The second-order valence-corrected chi connectivity index (χ2v) is 8.82. The highest BCUT2D eigenvalue weighted by atomic mass is 28.4. The highest BCUT2D eigenvalue weighted by Crippen LogP contribution is 2.21. The van der Waals surface area contributed by atoms with Gasteiger partial charge in [-0.25, -0.2) is 17.6 Å². The fourth-order valence-corrected chi connectivity index (χ4v) is 3.41. The Kier molecular flexibility index (Phi) is 7.30. The number of rotatable bonds is 8. The van der Waals surface area contributed by atoms with Crippen molar-refractivity contribution in [2.75, 3.05) is 20.8 Å². The summed E-state index contributed by atoms with van der Waals surface area (Å²) in [5.41, 5.74) is -1.21. The van der Waals surface area contributed by atoms with Crippen LogP contribution in [0.4, 0.5) is 22.0 Å². The minimum absolute atomic E-state index is 0.127. The molecular weight excluding hydrogens is 353 g/mol. The fourth-order valence-electron chi connectivity index (χ4n) is 1.94. The Balaban J connectivity index is 2.67. The Hall–Kier alpha value is -1.52. The molecule has 4 nitrogen and oxygen atoms in total. The minimum atomic E-state index is -2.32. The first kappa shape index (κ1) is 20.5. The Morgan fingerprint density at radius 2 is 1.67 bits per heavy atom. The summed E-state index contributed by atoms with van der Waals surface area (Å²) in [5, 5.41) is -0.367. The van der Waals surface area contributed by atoms with Gasteiger partial charge in [0.05, 0.1) is 12.1 Å². The summed E-state index contributed by atoms with van der Waals surface area (Å²) in [7, 11) is 0.685. The SMILES string of the molecule is CO[Si](C)(CCCCN(F)C(=O)c1cc(F)c(F)c(F)c1F)OC. The second-order valence-electron chi connectivity index (χ2n) is 5.24. The van der Waals surface area contributed by atoms with E-state index in [-0.39, 0.29) is 17.6 Å². The lowest BCUT2D eigenvalue weighted by Gasteiger charge is -2.22. The Morgan fingerprint density at radius 3 is 2.21 bits per heavy atom. The van der Waals surface area contributed by atoms with Crippen LogP contribution in [0.15, 0.2) is 6.07 Å². The monoisotopic (exact) mass is 371 g/mol. The minimum Gasteiger partial charge on any atom is -0.398 e. The largest absolute Gasteiger partial charge is 0.398 e. The maximum absolute atomic E-state index is 13.7. The van der Waals surface area contributed by atoms with Gasteiger partial charge in [0.1, 0.15) is 0 Å². The molecule has 1 rings (SSSR count). The molecule has 0 aliphatic carbocycles. The molecule has 0 unspecified atom stereocenters. The third-order valence-electron chi connectivity index (χ3n) is 3.65. The van der Waals surface area contributed by atoms with Crippen molar-refractivity contribution in [3.05, 3.63) is 34.9 Å². The highest BCUT2D eigenvalue weighted by Gasteiger charge is 2.29. The Labute approximate surface area is 137 Å². The molecule has 1 amide bonds. The van der Waals surface area contributed by atoms with E-state index in [0.717, 1.165) is 0 Å². The van der Waals surface area contributed by atoms with E-state index in [1.165, 1.54) is 14.2 Å². The molecule has 136 valence electrons. The van der Waals surface area contributed by atoms with E-state index < -0.39 is 49.8 Å². The average molecular weight is 371 g/mol. The molecule has 0 aliphatic rings. The van der Waals surface area contributed by atoms with Crippen LogP contribution in [0.2, 0.25) is 12.6 Å². The van der Waals surface area contributed by atoms with Crippen LogP contribution in [0.25, 0.3) is 0 Å². The van der Waals surface area contributed by atoms with Crippen LogP contribution in [-0.2, 0) is 8.85 Å². The van der Waals surface area contributed by atoms with E-state index >= 15 is 0 Å². The predicted octanol–water partition coefficient (Wildman–Crippen LogP) is 3.71. The maximum Gasteiger partial charge on any atom is 0.334 e. The summed E-state index contributed by atoms with van der Waals surface area (Å²) in [4.78, 5) is 11.7. The molecule has 0 saturated carbocycles. The van der Waals surface area contributed by atoms with Crippen molar-refractivity contribution < 1.29 is 35.7 Å². The molecular formula is C14H18F5NO3Si. The van der Waals surface area contributed by atoms with Gasteiger partial charge >= 0.3 is 8.56 Å². The van der Waals surface area contributed by atoms with E-state index in [0.29, 0.717) is 12.5 Å². The summed E-state index contributed by atoms with van der Waals surface area (Å²) in [5.74, 6) is -9.50. The van der Waals surface area contributed by atoms with Crippen molar-refractivity contribution in [3.63, 3.8) is 0 Å². The molecule has 0 aliphatic heterocycles. The molecule has 0 fully saturated rings. The maximum atomic E-state index is 13.7. The zero-order valence-electron chi connectivity index (χ0n) is 13.5. The first-order valence-electron chi connectivity index (χ1n) is 7.07. The van der Waals surface area contributed by atoms with Gasteiger partial charge in [0.2, 0.25) is 0 Å². The smallest absolute Gasteiger partial charge is 0.334 e. The van der Waals surface area contributed by atoms with Crippen LogP contribution in [-0.4, -0.2) is 40.4 Å². The number of hydrogen-bond donors (Lipinski definition) is 0. The third kappa shape index (κ3) is 4.74. The zero-order valence-corrected chi connectivity index (χ0v) is 14.5. The predicted molar refractivity (Wildman–Crippen MR) is 78.1 cm³/mol. The molecule has 0 atom stereocenters. The van der Waals surface area contributed by atoms with E-state index in [4.69, 9.17) is 8.85 Å². The van der Waals surface area contributed by atoms with Gasteiger partial charge in [0, 0.05) is 14.2 Å². The Bertz CT molecular complexity index is 598. The average Bonchev–Trinajstić information content (AvgIpc) is 2.58. The van der Waals surface area contributed by atoms with Gasteiger partial charge < -0.3 is 8.85 Å². The molecule has 0 heterocycles. The second kappa shape index (κ2) is 8.54. The molecule has 10 heteroatoms. The number of unbranched alkanes of at least 4 members (excludes halogenated alkanes) is 1. The van der Waals surface area contributed by atoms with Crippen molar-refractivity contribution in [3.8, 4) is 0 Å². The van der Waals surface area contributed by atoms with Crippen LogP contribution in [0.1, 0.15) is 23.2 Å². The molecule has 0 spiro atoms. The molecule has 24 heavy (non-hydrogen) atoms. The lowest BCUT2D eigenvalue weighted by Crippen LogP contribution is -2.36. The molecule has 0 radical (unpaired) electrons. The summed E-state index contributed by atoms with van der Waals surface area (Å²) < 4.78 is 76.7. The van der Waals surface area contributed by atoms with Crippen LogP contribution in [0, 0.1) is 23.3 Å². The van der Waals surface area contributed by atoms with Gasteiger partial charge in [0.15, 0.2) is 23.3 Å². The van der Waals surface area contributed by atoms with Crippen molar-refractivity contribution in [2.24, 2.45) is 0 Å². The van der Waals surface area contributed by atoms with E-state index in [1.54, 1.807) is 0 Å². The van der Waals surface area contributed by atoms with E-state index in [2.05, 4.69) is 0 Å². The molecule has 1 aromatic rings. The van der Waals surface area contributed by atoms with E-state index in [9.17, 15) is 26.8 Å². The number of halogens is 5. The van der Waals surface area contributed by atoms with Gasteiger partial charge in [-0.05, 0) is 31.5 Å². The van der Waals surface area contributed by atoms with Gasteiger partial charge in [-0.15, -0.1) is 0 Å². The zero-order chi connectivity index (χ0) is 18.5. The molecule has 0 aromatic heterocycles. The van der Waals surface area contributed by atoms with E-state index in [1.807, 2.05) is 6.55 Å². The van der Waals surface area contributed by atoms with Gasteiger partial charge in [-0.1, -0.05) is 4.48 Å². The first-order chi connectivity index (χ1) is 11.2. The Morgan fingerprint density at radius 1 is 1.08 bits per heavy atom. The van der Waals surface area contributed by atoms with Crippen molar-refractivity contribution >= 4 is 14.5 Å². The molecule has 1 aromatic carbocycles. The third-order valence-corrected chi connectivity index (χ3v) is 6.64. The summed E-state index contributed by atoms with van der Waals surface area (Å²) >= 11 is 0. The van der Waals surface area contributed by atoms with Crippen LogP contribution in [0.3, 0.4) is 0 Å². The van der Waals surface area contributed by atoms with Gasteiger partial charge in [0.25, 0.3) is 5.91 Å². The highest BCUT2D eigenvalue weighted by molar-refractivity contribution is 6.65. The topological polar surface area (TPSA) is 38.8 Å². The van der Waals surface area contributed by atoms with Crippen molar-refractivity contribution in [1.29, 1.82) is 0 Å². The summed E-state index contributed by atoms with van der Waals surface area (Å²) in [6.07, 6.45) is 0.665. The number of carbonyl (C=O) groups excluding carboxylic acids is 1. The number of carbonyl (C=O) groups is 1. The first-order valence-corrected chi connectivity index (χ1v) is 9.60.